The molecule has 2 rings (SSSR count). The Morgan fingerprint density at radius 3 is 2.45 bits per heavy atom. The van der Waals surface area contributed by atoms with Gasteiger partial charge in [0.1, 0.15) is 0 Å². The maximum atomic E-state index is 12.3. The van der Waals surface area contributed by atoms with E-state index in [2.05, 4.69) is 5.32 Å². The Morgan fingerprint density at radius 1 is 1.30 bits per heavy atom. The van der Waals surface area contributed by atoms with Crippen LogP contribution in [0.4, 0.5) is 0 Å². The van der Waals surface area contributed by atoms with Crippen LogP contribution >= 0.6 is 11.6 Å². The second-order valence-electron chi connectivity index (χ2n) is 5.74. The Kier molecular flexibility index (Phi) is 5.44. The highest BCUT2D eigenvalue weighted by molar-refractivity contribution is 6.30. The Labute approximate surface area is 125 Å². The van der Waals surface area contributed by atoms with Gasteiger partial charge in [0, 0.05) is 10.9 Å². The number of nitrogens with one attached hydrogen (secondary N) is 1. The number of carbonyl (C=O) groups excluding carboxylic acids is 1. The highest BCUT2D eigenvalue weighted by Gasteiger charge is 2.26. The molecule has 1 aromatic carbocycles. The summed E-state index contributed by atoms with van der Waals surface area (Å²) in [4.78, 5) is 12.3. The molecule has 0 spiro atoms. The average molecular weight is 295 g/mol. The van der Waals surface area contributed by atoms with Crippen LogP contribution in [0, 0.1) is 11.8 Å². The van der Waals surface area contributed by atoms with E-state index in [4.69, 9.17) is 17.3 Å². The SMILES string of the molecule is C[C@H](NC(=O)C1CCC(CN)CC1)c1ccc(Cl)cc1. The van der Waals surface area contributed by atoms with Crippen molar-refractivity contribution in [3.63, 3.8) is 0 Å². The van der Waals surface area contributed by atoms with Crippen LogP contribution in [0.25, 0.3) is 0 Å². The molecule has 1 saturated carbocycles. The average Bonchev–Trinajstić information content (AvgIpc) is 2.48. The molecule has 110 valence electrons. The van der Waals surface area contributed by atoms with Crippen molar-refractivity contribution in [3.05, 3.63) is 34.9 Å². The summed E-state index contributed by atoms with van der Waals surface area (Å²) in [6.45, 7) is 2.75. The molecule has 0 bridgehead atoms. The van der Waals surface area contributed by atoms with Gasteiger partial charge in [-0.2, -0.15) is 0 Å². The third-order valence-electron chi connectivity index (χ3n) is 4.28. The number of halogens is 1. The Hall–Kier alpha value is -1.06. The van der Waals surface area contributed by atoms with E-state index in [1.165, 1.54) is 0 Å². The number of amides is 1. The van der Waals surface area contributed by atoms with Gasteiger partial charge in [0.25, 0.3) is 0 Å². The molecule has 1 aromatic rings. The lowest BCUT2D eigenvalue weighted by Crippen LogP contribution is -2.35. The van der Waals surface area contributed by atoms with Gasteiger partial charge in [0.05, 0.1) is 6.04 Å². The molecular formula is C16H23ClN2O. The first kappa shape index (κ1) is 15.3. The van der Waals surface area contributed by atoms with E-state index in [1.54, 1.807) is 0 Å². The summed E-state index contributed by atoms with van der Waals surface area (Å²) in [5.41, 5.74) is 6.76. The van der Waals surface area contributed by atoms with Crippen LogP contribution in [-0.2, 0) is 4.79 Å². The smallest absolute Gasteiger partial charge is 0.223 e. The number of carbonyl (C=O) groups is 1. The summed E-state index contributed by atoms with van der Waals surface area (Å²) in [6.07, 6.45) is 4.07. The number of hydrogen-bond donors (Lipinski definition) is 2. The van der Waals surface area contributed by atoms with E-state index in [-0.39, 0.29) is 17.9 Å². The fraction of sp³-hybridized carbons (Fsp3) is 0.562. The summed E-state index contributed by atoms with van der Waals surface area (Å²) in [7, 11) is 0. The molecule has 1 amide bonds. The summed E-state index contributed by atoms with van der Waals surface area (Å²) < 4.78 is 0. The van der Waals surface area contributed by atoms with Crippen LogP contribution in [0.2, 0.25) is 5.02 Å². The van der Waals surface area contributed by atoms with Crippen molar-refractivity contribution in [3.8, 4) is 0 Å². The minimum atomic E-state index is 0.0204. The minimum absolute atomic E-state index is 0.0204. The van der Waals surface area contributed by atoms with Gasteiger partial charge in [-0.15, -0.1) is 0 Å². The van der Waals surface area contributed by atoms with Crippen molar-refractivity contribution in [2.24, 2.45) is 17.6 Å². The van der Waals surface area contributed by atoms with E-state index in [0.29, 0.717) is 10.9 Å². The zero-order valence-electron chi connectivity index (χ0n) is 11.9. The lowest BCUT2D eigenvalue weighted by atomic mass is 9.81. The molecule has 1 atom stereocenters. The zero-order valence-corrected chi connectivity index (χ0v) is 12.7. The fourth-order valence-electron chi connectivity index (χ4n) is 2.83. The molecule has 0 aromatic heterocycles. The summed E-state index contributed by atoms with van der Waals surface area (Å²) >= 11 is 5.87. The second-order valence-corrected chi connectivity index (χ2v) is 6.17. The van der Waals surface area contributed by atoms with E-state index in [1.807, 2.05) is 31.2 Å². The topological polar surface area (TPSA) is 55.1 Å². The maximum absolute atomic E-state index is 12.3. The van der Waals surface area contributed by atoms with Crippen molar-refractivity contribution in [2.75, 3.05) is 6.54 Å². The summed E-state index contributed by atoms with van der Waals surface area (Å²) in [5, 5.41) is 3.82. The monoisotopic (exact) mass is 294 g/mol. The highest BCUT2D eigenvalue weighted by Crippen LogP contribution is 2.28. The van der Waals surface area contributed by atoms with Gasteiger partial charge in [-0.1, -0.05) is 23.7 Å². The second kappa shape index (κ2) is 7.09. The van der Waals surface area contributed by atoms with Gasteiger partial charge in [0.2, 0.25) is 5.91 Å². The molecular weight excluding hydrogens is 272 g/mol. The molecule has 3 N–H and O–H groups in total. The largest absolute Gasteiger partial charge is 0.349 e. The van der Waals surface area contributed by atoms with Gasteiger partial charge < -0.3 is 11.1 Å². The van der Waals surface area contributed by atoms with Crippen LogP contribution in [0.15, 0.2) is 24.3 Å². The molecule has 4 heteroatoms. The highest BCUT2D eigenvalue weighted by atomic mass is 35.5. The Balaban J connectivity index is 1.86. The van der Waals surface area contributed by atoms with E-state index in [9.17, 15) is 4.79 Å². The van der Waals surface area contributed by atoms with E-state index >= 15 is 0 Å². The van der Waals surface area contributed by atoms with Crippen molar-refractivity contribution < 1.29 is 4.79 Å². The molecule has 0 radical (unpaired) electrons. The summed E-state index contributed by atoms with van der Waals surface area (Å²) in [5.74, 6) is 0.920. The first-order valence-corrected chi connectivity index (χ1v) is 7.74. The first-order chi connectivity index (χ1) is 9.60. The van der Waals surface area contributed by atoms with Crippen molar-refractivity contribution in [1.82, 2.24) is 5.32 Å². The Bertz CT molecular complexity index is 438. The molecule has 0 aliphatic heterocycles. The molecule has 20 heavy (non-hydrogen) atoms. The van der Waals surface area contributed by atoms with Crippen molar-refractivity contribution in [2.45, 2.75) is 38.6 Å². The minimum Gasteiger partial charge on any atom is -0.349 e. The van der Waals surface area contributed by atoms with Gasteiger partial charge in [0.15, 0.2) is 0 Å². The quantitative estimate of drug-likeness (QED) is 0.895. The lowest BCUT2D eigenvalue weighted by Gasteiger charge is -2.28. The predicted octanol–water partition coefficient (Wildman–Crippen LogP) is 3.28. The normalized spacial score (nSPS) is 24.1. The fourth-order valence-corrected chi connectivity index (χ4v) is 2.95. The van der Waals surface area contributed by atoms with Gasteiger partial charge in [-0.3, -0.25) is 4.79 Å². The molecule has 0 heterocycles. The molecule has 1 aliphatic carbocycles. The number of nitrogens with two attached hydrogens (primary N) is 1. The van der Waals surface area contributed by atoms with Gasteiger partial charge in [-0.05, 0) is 62.8 Å². The number of hydrogen-bond acceptors (Lipinski definition) is 2. The van der Waals surface area contributed by atoms with E-state index < -0.39 is 0 Å². The van der Waals surface area contributed by atoms with E-state index in [0.717, 1.165) is 37.8 Å². The maximum Gasteiger partial charge on any atom is 0.223 e. The number of rotatable bonds is 4. The first-order valence-electron chi connectivity index (χ1n) is 7.36. The van der Waals surface area contributed by atoms with Gasteiger partial charge in [-0.25, -0.2) is 0 Å². The van der Waals surface area contributed by atoms with Gasteiger partial charge >= 0.3 is 0 Å². The van der Waals surface area contributed by atoms with Crippen LogP contribution < -0.4 is 11.1 Å². The predicted molar refractivity (Wildman–Crippen MR) is 82.5 cm³/mol. The molecule has 3 nitrogen and oxygen atoms in total. The zero-order chi connectivity index (χ0) is 14.5. The molecule has 0 saturated heterocycles. The van der Waals surface area contributed by atoms with Crippen LogP contribution in [0.3, 0.4) is 0 Å². The van der Waals surface area contributed by atoms with Crippen molar-refractivity contribution >= 4 is 17.5 Å². The molecule has 1 fully saturated rings. The van der Waals surface area contributed by atoms with Crippen LogP contribution in [-0.4, -0.2) is 12.5 Å². The molecule has 0 unspecified atom stereocenters. The number of benzene rings is 1. The summed E-state index contributed by atoms with van der Waals surface area (Å²) in [6, 6.07) is 7.64. The lowest BCUT2D eigenvalue weighted by molar-refractivity contribution is -0.126. The third kappa shape index (κ3) is 3.97. The van der Waals surface area contributed by atoms with Crippen molar-refractivity contribution in [1.29, 1.82) is 0 Å². The Morgan fingerprint density at radius 2 is 1.90 bits per heavy atom. The van der Waals surface area contributed by atoms with Crippen LogP contribution in [0.5, 0.6) is 0 Å². The standard InChI is InChI=1S/C16H23ClN2O/c1-11(13-6-8-15(17)9-7-13)19-16(20)14-4-2-12(10-18)3-5-14/h6-9,11-12,14H,2-5,10,18H2,1H3,(H,19,20)/t11-,12?,14?/m0/s1. The third-order valence-corrected chi connectivity index (χ3v) is 4.53. The van der Waals surface area contributed by atoms with Crippen LogP contribution in [0.1, 0.15) is 44.2 Å². The molecule has 1 aliphatic rings.